The summed E-state index contributed by atoms with van der Waals surface area (Å²) in [7, 11) is 0. The number of esters is 1. The summed E-state index contributed by atoms with van der Waals surface area (Å²) in [4.78, 5) is 12.6. The molecule has 1 spiro atoms. The van der Waals surface area contributed by atoms with Gasteiger partial charge in [0.2, 0.25) is 0 Å². The molecule has 0 bridgehead atoms. The Balaban J connectivity index is 1.41. The van der Waals surface area contributed by atoms with E-state index in [4.69, 9.17) is 4.74 Å². The molecule has 0 saturated heterocycles. The van der Waals surface area contributed by atoms with Crippen LogP contribution in [0.3, 0.4) is 0 Å². The van der Waals surface area contributed by atoms with E-state index in [1.807, 2.05) is 25.1 Å². The fraction of sp³-hybridized carbons (Fsp3) is 0.632. The molecule has 0 radical (unpaired) electrons. The number of halogens is 1. The molecule has 2 saturated carbocycles. The smallest absolute Gasteiger partial charge is 0.316 e. The predicted molar refractivity (Wildman–Crippen MR) is 82.4 cm³/mol. The minimum Gasteiger partial charge on any atom is -0.462 e. The van der Waals surface area contributed by atoms with Gasteiger partial charge in [0.1, 0.15) is 12.3 Å². The Bertz CT molecular complexity index is 612. The van der Waals surface area contributed by atoms with Crippen LogP contribution in [0.15, 0.2) is 24.3 Å². The minimum atomic E-state index is -1.27. The van der Waals surface area contributed by atoms with Crippen LogP contribution in [0.1, 0.15) is 56.6 Å². The third kappa shape index (κ3) is 2.01. The van der Waals surface area contributed by atoms with E-state index >= 15 is 0 Å². The first kappa shape index (κ1) is 14.2. The lowest BCUT2D eigenvalue weighted by Crippen LogP contribution is -2.55. The Morgan fingerprint density at radius 3 is 2.64 bits per heavy atom. The van der Waals surface area contributed by atoms with Crippen LogP contribution in [0.4, 0.5) is 4.39 Å². The standard InChI is InChI=1S/C19H23FO2/c1-17(10-7-14-5-2-3-6-15(14)17)16(21)22-13-19(20)11-18(12-19)8-4-9-18/h2-3,5-6H,4,7-13H2,1H3. The zero-order chi connectivity index (χ0) is 15.4. The van der Waals surface area contributed by atoms with Crippen molar-refractivity contribution in [2.45, 2.75) is 63.0 Å². The Morgan fingerprint density at radius 2 is 1.95 bits per heavy atom. The summed E-state index contributed by atoms with van der Waals surface area (Å²) in [6, 6.07) is 8.02. The third-order valence-corrected chi connectivity index (χ3v) is 6.22. The lowest BCUT2D eigenvalue weighted by atomic mass is 9.51. The van der Waals surface area contributed by atoms with Crippen molar-refractivity contribution in [1.29, 1.82) is 0 Å². The number of rotatable bonds is 3. The molecule has 0 aromatic heterocycles. The third-order valence-electron chi connectivity index (χ3n) is 6.22. The fourth-order valence-electron chi connectivity index (χ4n) is 4.79. The molecule has 1 unspecified atom stereocenters. The van der Waals surface area contributed by atoms with Gasteiger partial charge in [0.15, 0.2) is 0 Å². The molecule has 0 N–H and O–H groups in total. The molecule has 118 valence electrons. The largest absolute Gasteiger partial charge is 0.462 e. The van der Waals surface area contributed by atoms with Gasteiger partial charge in [0, 0.05) is 0 Å². The van der Waals surface area contributed by atoms with E-state index in [9.17, 15) is 9.18 Å². The second-order valence-corrected chi connectivity index (χ2v) is 7.92. The molecule has 3 aliphatic carbocycles. The highest BCUT2D eigenvalue weighted by atomic mass is 19.1. The molecular formula is C19H23FO2. The highest BCUT2D eigenvalue weighted by Gasteiger charge is 2.58. The van der Waals surface area contributed by atoms with Gasteiger partial charge >= 0.3 is 5.97 Å². The number of ether oxygens (including phenoxy) is 1. The van der Waals surface area contributed by atoms with Crippen molar-refractivity contribution in [3.05, 3.63) is 35.4 Å². The van der Waals surface area contributed by atoms with Gasteiger partial charge in [0.25, 0.3) is 0 Å². The highest BCUT2D eigenvalue weighted by molar-refractivity contribution is 5.84. The molecule has 2 nitrogen and oxygen atoms in total. The number of carbonyl (C=O) groups is 1. The fourth-order valence-corrected chi connectivity index (χ4v) is 4.79. The average Bonchev–Trinajstić information content (AvgIpc) is 2.79. The SMILES string of the molecule is CC1(C(=O)OCC2(F)CC3(CCC3)C2)CCc2ccccc21. The van der Waals surface area contributed by atoms with Crippen molar-refractivity contribution >= 4 is 5.97 Å². The maximum atomic E-state index is 14.6. The van der Waals surface area contributed by atoms with E-state index in [-0.39, 0.29) is 18.0 Å². The second-order valence-electron chi connectivity index (χ2n) is 7.92. The topological polar surface area (TPSA) is 26.3 Å². The normalized spacial score (nSPS) is 30.3. The summed E-state index contributed by atoms with van der Waals surface area (Å²) in [6.07, 6.45) is 6.35. The van der Waals surface area contributed by atoms with Crippen LogP contribution in [-0.4, -0.2) is 18.2 Å². The number of benzene rings is 1. The molecule has 0 amide bonds. The maximum absolute atomic E-state index is 14.6. The number of carbonyl (C=O) groups excluding carboxylic acids is 1. The van der Waals surface area contributed by atoms with Crippen molar-refractivity contribution in [2.75, 3.05) is 6.61 Å². The number of fused-ring (bicyclic) bond motifs is 1. The summed E-state index contributed by atoms with van der Waals surface area (Å²) < 4.78 is 20.1. The summed E-state index contributed by atoms with van der Waals surface area (Å²) >= 11 is 0. The van der Waals surface area contributed by atoms with Crippen LogP contribution >= 0.6 is 0 Å². The Labute approximate surface area is 131 Å². The van der Waals surface area contributed by atoms with Crippen LogP contribution in [0.2, 0.25) is 0 Å². The van der Waals surface area contributed by atoms with Crippen LogP contribution < -0.4 is 0 Å². The molecule has 1 aromatic carbocycles. The molecule has 2 fully saturated rings. The van der Waals surface area contributed by atoms with Crippen LogP contribution in [0.25, 0.3) is 0 Å². The average molecular weight is 302 g/mol. The number of alkyl halides is 1. The zero-order valence-corrected chi connectivity index (χ0v) is 13.2. The van der Waals surface area contributed by atoms with Gasteiger partial charge in [-0.15, -0.1) is 0 Å². The predicted octanol–water partition coefficient (Wildman–Crippen LogP) is 4.11. The quantitative estimate of drug-likeness (QED) is 0.786. The molecule has 0 heterocycles. The van der Waals surface area contributed by atoms with Gasteiger partial charge in [-0.2, -0.15) is 0 Å². The molecule has 3 heteroatoms. The van der Waals surface area contributed by atoms with Crippen LogP contribution in [0.5, 0.6) is 0 Å². The van der Waals surface area contributed by atoms with E-state index < -0.39 is 11.1 Å². The second kappa shape index (κ2) is 4.56. The highest BCUT2D eigenvalue weighted by Crippen LogP contribution is 2.62. The van der Waals surface area contributed by atoms with E-state index in [1.165, 1.54) is 12.0 Å². The zero-order valence-electron chi connectivity index (χ0n) is 13.2. The van der Waals surface area contributed by atoms with E-state index in [0.717, 1.165) is 31.2 Å². The first-order chi connectivity index (χ1) is 10.4. The monoisotopic (exact) mass is 302 g/mol. The first-order valence-corrected chi connectivity index (χ1v) is 8.40. The van der Waals surface area contributed by atoms with Gasteiger partial charge in [-0.3, -0.25) is 4.79 Å². The minimum absolute atomic E-state index is 0.0641. The molecule has 1 atom stereocenters. The molecule has 1 aromatic rings. The molecule has 3 aliphatic rings. The van der Waals surface area contributed by atoms with E-state index in [0.29, 0.717) is 12.8 Å². The maximum Gasteiger partial charge on any atom is 0.316 e. The van der Waals surface area contributed by atoms with Gasteiger partial charge in [-0.1, -0.05) is 30.7 Å². The lowest BCUT2D eigenvalue weighted by molar-refractivity contribution is -0.173. The Hall–Kier alpha value is -1.38. The summed E-state index contributed by atoms with van der Waals surface area (Å²) in [5.41, 5.74) is 0.645. The summed E-state index contributed by atoms with van der Waals surface area (Å²) in [5.74, 6) is -0.260. The van der Waals surface area contributed by atoms with Crippen molar-refractivity contribution in [2.24, 2.45) is 5.41 Å². The van der Waals surface area contributed by atoms with Gasteiger partial charge < -0.3 is 4.74 Å². The molecule has 22 heavy (non-hydrogen) atoms. The molecule has 4 rings (SSSR count). The number of hydrogen-bond acceptors (Lipinski definition) is 2. The Morgan fingerprint density at radius 1 is 1.23 bits per heavy atom. The summed E-state index contributed by atoms with van der Waals surface area (Å²) in [6.45, 7) is 1.87. The number of aryl methyl sites for hydroxylation is 1. The first-order valence-electron chi connectivity index (χ1n) is 8.40. The van der Waals surface area contributed by atoms with Crippen molar-refractivity contribution in [3.63, 3.8) is 0 Å². The van der Waals surface area contributed by atoms with E-state index in [1.54, 1.807) is 0 Å². The van der Waals surface area contributed by atoms with Crippen molar-refractivity contribution in [1.82, 2.24) is 0 Å². The number of hydrogen-bond donors (Lipinski definition) is 0. The van der Waals surface area contributed by atoms with Gasteiger partial charge in [0.05, 0.1) is 5.41 Å². The van der Waals surface area contributed by atoms with Crippen molar-refractivity contribution < 1.29 is 13.9 Å². The summed E-state index contributed by atoms with van der Waals surface area (Å²) in [5, 5.41) is 0. The molecular weight excluding hydrogens is 279 g/mol. The van der Waals surface area contributed by atoms with E-state index in [2.05, 4.69) is 6.07 Å². The van der Waals surface area contributed by atoms with Crippen LogP contribution in [0, 0.1) is 5.41 Å². The van der Waals surface area contributed by atoms with Crippen molar-refractivity contribution in [3.8, 4) is 0 Å². The van der Waals surface area contributed by atoms with Gasteiger partial charge in [-0.25, -0.2) is 4.39 Å². The van der Waals surface area contributed by atoms with Gasteiger partial charge in [-0.05, 0) is 62.0 Å². The van der Waals surface area contributed by atoms with Crippen LogP contribution in [-0.2, 0) is 21.4 Å². The Kier molecular flexibility index (Phi) is 2.95. The molecule has 0 aliphatic heterocycles. The lowest BCUT2D eigenvalue weighted by Gasteiger charge is -2.57.